The van der Waals surface area contributed by atoms with Gasteiger partial charge < -0.3 is 14.6 Å². The third kappa shape index (κ3) is 4.00. The van der Waals surface area contributed by atoms with Crippen LogP contribution in [0.4, 0.5) is 5.13 Å². The van der Waals surface area contributed by atoms with Gasteiger partial charge in [-0.25, -0.2) is 4.98 Å². The monoisotopic (exact) mass is 506 g/mol. The fourth-order valence-corrected chi connectivity index (χ4v) is 5.19. The van der Waals surface area contributed by atoms with Crippen LogP contribution in [0.15, 0.2) is 72.3 Å². The van der Waals surface area contributed by atoms with E-state index >= 15 is 0 Å². The van der Waals surface area contributed by atoms with E-state index in [1.165, 1.54) is 23.3 Å². The van der Waals surface area contributed by atoms with Gasteiger partial charge in [-0.3, -0.25) is 14.5 Å². The highest BCUT2D eigenvalue weighted by Gasteiger charge is 2.48. The number of aromatic nitrogens is 1. The summed E-state index contributed by atoms with van der Waals surface area (Å²) in [5.74, 6) is -0.671. The Bertz CT molecular complexity index is 1500. The third-order valence-electron chi connectivity index (χ3n) is 5.76. The van der Waals surface area contributed by atoms with Crippen LogP contribution in [0.1, 0.15) is 17.2 Å². The van der Waals surface area contributed by atoms with Crippen molar-refractivity contribution in [3.8, 4) is 11.5 Å². The number of hydrogen-bond donors (Lipinski definition) is 1. The molecule has 0 aliphatic carbocycles. The van der Waals surface area contributed by atoms with Crippen LogP contribution in [-0.4, -0.2) is 36.0 Å². The summed E-state index contributed by atoms with van der Waals surface area (Å²) in [5, 5.41) is 12.0. The van der Waals surface area contributed by atoms with Crippen molar-refractivity contribution in [2.75, 3.05) is 19.1 Å². The molecule has 4 aromatic rings. The van der Waals surface area contributed by atoms with E-state index in [2.05, 4.69) is 4.98 Å². The van der Waals surface area contributed by atoms with Crippen molar-refractivity contribution in [3.63, 3.8) is 0 Å². The number of fused-ring (bicyclic) bond motifs is 1. The first-order chi connectivity index (χ1) is 16.9. The highest BCUT2D eigenvalue weighted by atomic mass is 35.5. The van der Waals surface area contributed by atoms with Gasteiger partial charge in [-0.1, -0.05) is 35.1 Å². The zero-order chi connectivity index (χ0) is 24.7. The Labute approximate surface area is 209 Å². The summed E-state index contributed by atoms with van der Waals surface area (Å²) in [7, 11) is 3.10. The number of aliphatic hydroxyl groups is 1. The second kappa shape index (κ2) is 9.05. The Morgan fingerprint density at radius 3 is 2.43 bits per heavy atom. The summed E-state index contributed by atoms with van der Waals surface area (Å²) < 4.78 is 11.5. The molecule has 1 amide bonds. The average Bonchev–Trinajstić information content (AvgIpc) is 3.41. The Hall–Kier alpha value is -3.88. The molecule has 1 aliphatic rings. The maximum atomic E-state index is 13.4. The molecular formula is C26H19ClN2O5S. The molecule has 3 aromatic carbocycles. The smallest absolute Gasteiger partial charge is 0.301 e. The number of methoxy groups -OCH3 is 2. The summed E-state index contributed by atoms with van der Waals surface area (Å²) in [6, 6.07) is 17.9. The molecule has 5 rings (SSSR count). The zero-order valence-corrected chi connectivity index (χ0v) is 20.3. The van der Waals surface area contributed by atoms with E-state index in [1.54, 1.807) is 67.8 Å². The normalized spacial score (nSPS) is 17.2. The van der Waals surface area contributed by atoms with Crippen LogP contribution in [-0.2, 0) is 9.59 Å². The summed E-state index contributed by atoms with van der Waals surface area (Å²) in [6.07, 6.45) is 0. The largest absolute Gasteiger partial charge is 0.507 e. The summed E-state index contributed by atoms with van der Waals surface area (Å²) >= 11 is 7.25. The van der Waals surface area contributed by atoms with Gasteiger partial charge in [0.15, 0.2) is 5.13 Å². The number of halogens is 1. The Morgan fingerprint density at radius 2 is 1.71 bits per heavy atom. The van der Waals surface area contributed by atoms with E-state index in [0.29, 0.717) is 38.3 Å². The number of carbonyl (C=O) groups is 2. The first-order valence-corrected chi connectivity index (χ1v) is 11.8. The number of Topliss-reactive ketones (excluding diaryl/α,β-unsaturated/α-hetero) is 1. The SMILES string of the molecule is COc1cccc([C@H]2C(=C(O)c3ccc(Cl)cc3)C(=O)C(=O)N2c2nc3ccc(OC)cc3s2)c1. The predicted octanol–water partition coefficient (Wildman–Crippen LogP) is 5.59. The van der Waals surface area contributed by atoms with Crippen LogP contribution < -0.4 is 14.4 Å². The van der Waals surface area contributed by atoms with Gasteiger partial charge in [0.25, 0.3) is 5.78 Å². The van der Waals surface area contributed by atoms with Gasteiger partial charge in [0.05, 0.1) is 36.1 Å². The molecule has 1 saturated heterocycles. The molecule has 1 fully saturated rings. The zero-order valence-electron chi connectivity index (χ0n) is 18.7. The second-order valence-corrected chi connectivity index (χ2v) is 9.23. The first kappa shape index (κ1) is 22.9. The van der Waals surface area contributed by atoms with Gasteiger partial charge in [-0.05, 0) is 60.2 Å². The number of aliphatic hydroxyl groups excluding tert-OH is 1. The molecule has 0 radical (unpaired) electrons. The van der Waals surface area contributed by atoms with Gasteiger partial charge in [0, 0.05) is 10.6 Å². The minimum Gasteiger partial charge on any atom is -0.507 e. The molecule has 0 unspecified atom stereocenters. The summed E-state index contributed by atoms with van der Waals surface area (Å²) in [6.45, 7) is 0. The lowest BCUT2D eigenvalue weighted by Gasteiger charge is -2.23. The maximum Gasteiger partial charge on any atom is 0.301 e. The van der Waals surface area contributed by atoms with Crippen molar-refractivity contribution in [1.82, 2.24) is 4.98 Å². The number of amides is 1. The second-order valence-electron chi connectivity index (χ2n) is 7.78. The summed E-state index contributed by atoms with van der Waals surface area (Å²) in [5.41, 5.74) is 1.59. The fourth-order valence-electron chi connectivity index (χ4n) is 4.04. The fraction of sp³-hybridized carbons (Fsp3) is 0.115. The Kier molecular flexibility index (Phi) is 5.92. The quantitative estimate of drug-likeness (QED) is 0.215. The maximum absolute atomic E-state index is 13.4. The molecule has 35 heavy (non-hydrogen) atoms. The van der Waals surface area contributed by atoms with E-state index in [1.807, 2.05) is 6.07 Å². The number of rotatable bonds is 5. The number of anilines is 1. The molecule has 7 nitrogen and oxygen atoms in total. The highest BCUT2D eigenvalue weighted by molar-refractivity contribution is 7.22. The molecule has 2 heterocycles. The number of ketones is 1. The number of nitrogens with zero attached hydrogens (tertiary/aromatic N) is 2. The van der Waals surface area contributed by atoms with Crippen molar-refractivity contribution in [2.24, 2.45) is 0 Å². The first-order valence-electron chi connectivity index (χ1n) is 10.6. The number of thiazole rings is 1. The number of ether oxygens (including phenoxy) is 2. The lowest BCUT2D eigenvalue weighted by Crippen LogP contribution is -2.29. The van der Waals surface area contributed by atoms with Gasteiger partial charge >= 0.3 is 5.91 Å². The molecule has 0 bridgehead atoms. The van der Waals surface area contributed by atoms with Gasteiger partial charge in [0.1, 0.15) is 17.3 Å². The van der Waals surface area contributed by atoms with Crippen LogP contribution in [0.25, 0.3) is 16.0 Å². The lowest BCUT2D eigenvalue weighted by molar-refractivity contribution is -0.132. The molecular weight excluding hydrogens is 488 g/mol. The van der Waals surface area contributed by atoms with Crippen LogP contribution >= 0.6 is 22.9 Å². The van der Waals surface area contributed by atoms with E-state index in [4.69, 9.17) is 21.1 Å². The topological polar surface area (TPSA) is 89.0 Å². The molecule has 1 atom stereocenters. The number of benzene rings is 3. The standard InChI is InChI=1S/C26H19ClN2O5S/c1-33-17-5-3-4-15(12-17)22-21(23(30)14-6-8-16(27)9-7-14)24(31)25(32)29(22)26-28-19-11-10-18(34-2)13-20(19)35-26/h3-13,22,30H,1-2H3/t22-/m0/s1. The number of hydrogen-bond acceptors (Lipinski definition) is 7. The van der Waals surface area contributed by atoms with Crippen molar-refractivity contribution in [3.05, 3.63) is 88.5 Å². The Balaban J connectivity index is 1.72. The molecule has 0 saturated carbocycles. The molecule has 1 aromatic heterocycles. The number of carbonyl (C=O) groups excluding carboxylic acids is 2. The average molecular weight is 507 g/mol. The minimum absolute atomic E-state index is 0.0394. The predicted molar refractivity (Wildman–Crippen MR) is 135 cm³/mol. The molecule has 1 aliphatic heterocycles. The van der Waals surface area contributed by atoms with Crippen LogP contribution in [0.2, 0.25) is 5.02 Å². The third-order valence-corrected chi connectivity index (χ3v) is 7.03. The van der Waals surface area contributed by atoms with E-state index in [9.17, 15) is 14.7 Å². The van der Waals surface area contributed by atoms with Crippen molar-refractivity contribution in [1.29, 1.82) is 0 Å². The molecule has 1 N–H and O–H groups in total. The minimum atomic E-state index is -0.914. The van der Waals surface area contributed by atoms with Crippen molar-refractivity contribution >= 4 is 55.7 Å². The van der Waals surface area contributed by atoms with E-state index in [0.717, 1.165) is 4.70 Å². The van der Waals surface area contributed by atoms with Crippen LogP contribution in [0.3, 0.4) is 0 Å². The van der Waals surface area contributed by atoms with Crippen molar-refractivity contribution < 1.29 is 24.2 Å². The summed E-state index contributed by atoms with van der Waals surface area (Å²) in [4.78, 5) is 32.6. The van der Waals surface area contributed by atoms with Crippen LogP contribution in [0.5, 0.6) is 11.5 Å². The lowest BCUT2D eigenvalue weighted by atomic mass is 9.95. The molecule has 0 spiro atoms. The van der Waals surface area contributed by atoms with E-state index < -0.39 is 17.7 Å². The van der Waals surface area contributed by atoms with E-state index in [-0.39, 0.29) is 11.3 Å². The Morgan fingerprint density at radius 1 is 1.00 bits per heavy atom. The van der Waals surface area contributed by atoms with Crippen molar-refractivity contribution in [2.45, 2.75) is 6.04 Å². The molecule has 176 valence electrons. The van der Waals surface area contributed by atoms with Gasteiger partial charge in [-0.15, -0.1) is 0 Å². The highest BCUT2D eigenvalue weighted by Crippen LogP contribution is 2.45. The molecule has 9 heteroatoms. The van der Waals surface area contributed by atoms with Gasteiger partial charge in [-0.2, -0.15) is 0 Å². The van der Waals surface area contributed by atoms with Crippen LogP contribution in [0, 0.1) is 0 Å². The van der Waals surface area contributed by atoms with Gasteiger partial charge in [0.2, 0.25) is 0 Å².